The van der Waals surface area contributed by atoms with Gasteiger partial charge in [0.2, 0.25) is 0 Å². The first-order valence-electron chi connectivity index (χ1n) is 7.92. The topological polar surface area (TPSA) is 73.6 Å². The van der Waals surface area contributed by atoms with Crippen molar-refractivity contribution in [3.63, 3.8) is 0 Å². The molecule has 0 aliphatic heterocycles. The molecule has 2 aromatic rings. The van der Waals surface area contributed by atoms with Crippen molar-refractivity contribution < 1.29 is 18.8 Å². The second-order valence-corrected chi connectivity index (χ2v) is 6.20. The van der Waals surface area contributed by atoms with Gasteiger partial charge in [0.25, 0.3) is 5.91 Å². The average molecular weight is 332 g/mol. The molecular formula is C18H24N2O4. The van der Waals surface area contributed by atoms with Gasteiger partial charge in [-0.15, -0.1) is 0 Å². The Morgan fingerprint density at radius 1 is 1.25 bits per heavy atom. The Kier molecular flexibility index (Phi) is 5.49. The van der Waals surface area contributed by atoms with Crippen molar-refractivity contribution in [1.82, 2.24) is 5.16 Å². The number of nitrogens with one attached hydrogen (secondary N) is 1. The van der Waals surface area contributed by atoms with Crippen LogP contribution in [0.1, 0.15) is 49.7 Å². The Balaban J connectivity index is 2.24. The van der Waals surface area contributed by atoms with Crippen LogP contribution in [0.15, 0.2) is 28.8 Å². The molecule has 0 saturated carbocycles. The number of nitrogens with zero attached hydrogens (tertiary/aromatic N) is 1. The Labute approximate surface area is 142 Å². The lowest BCUT2D eigenvalue weighted by molar-refractivity contribution is 0.102. The molecule has 1 aromatic heterocycles. The Morgan fingerprint density at radius 2 is 1.88 bits per heavy atom. The lowest BCUT2D eigenvalue weighted by atomic mass is 9.85. The van der Waals surface area contributed by atoms with Crippen molar-refractivity contribution in [1.29, 1.82) is 0 Å². The van der Waals surface area contributed by atoms with Crippen LogP contribution in [0.25, 0.3) is 0 Å². The largest absolute Gasteiger partial charge is 0.496 e. The fraction of sp³-hybridized carbons (Fsp3) is 0.444. The van der Waals surface area contributed by atoms with Crippen molar-refractivity contribution in [3.8, 4) is 11.5 Å². The third-order valence-corrected chi connectivity index (χ3v) is 3.95. The third kappa shape index (κ3) is 3.69. The van der Waals surface area contributed by atoms with Crippen molar-refractivity contribution >= 4 is 11.7 Å². The molecule has 1 amide bonds. The van der Waals surface area contributed by atoms with Crippen LogP contribution in [0.4, 0.5) is 5.82 Å². The molecule has 0 atom stereocenters. The number of benzene rings is 1. The van der Waals surface area contributed by atoms with E-state index < -0.39 is 0 Å². The van der Waals surface area contributed by atoms with Gasteiger partial charge in [-0.1, -0.05) is 38.4 Å². The molecular weight excluding hydrogens is 308 g/mol. The monoisotopic (exact) mass is 332 g/mol. The van der Waals surface area contributed by atoms with Crippen LogP contribution in [0, 0.1) is 0 Å². The van der Waals surface area contributed by atoms with E-state index in [0.717, 1.165) is 18.6 Å². The second-order valence-electron chi connectivity index (χ2n) is 6.20. The molecule has 0 spiro atoms. The summed E-state index contributed by atoms with van der Waals surface area (Å²) in [6, 6.07) is 6.93. The van der Waals surface area contributed by atoms with E-state index in [9.17, 15) is 4.79 Å². The maximum atomic E-state index is 12.6. The fourth-order valence-corrected chi connectivity index (χ4v) is 2.66. The van der Waals surface area contributed by atoms with E-state index in [1.807, 2.05) is 0 Å². The first-order chi connectivity index (χ1) is 11.4. The van der Waals surface area contributed by atoms with E-state index >= 15 is 0 Å². The highest BCUT2D eigenvalue weighted by atomic mass is 16.5. The number of aromatic nitrogens is 1. The number of methoxy groups -OCH3 is 2. The summed E-state index contributed by atoms with van der Waals surface area (Å²) < 4.78 is 15.9. The van der Waals surface area contributed by atoms with Gasteiger partial charge in [-0.3, -0.25) is 4.79 Å². The number of anilines is 1. The smallest absolute Gasteiger partial charge is 0.264 e. The minimum atomic E-state index is -0.363. The number of rotatable bonds is 7. The van der Waals surface area contributed by atoms with Gasteiger partial charge in [0.15, 0.2) is 5.82 Å². The molecule has 2 rings (SSSR count). The number of carbonyl (C=O) groups is 1. The number of amides is 1. The molecule has 1 N–H and O–H groups in total. The Bertz CT molecular complexity index is 685. The molecule has 1 aromatic carbocycles. The summed E-state index contributed by atoms with van der Waals surface area (Å²) in [5.74, 6) is 1.61. The zero-order valence-corrected chi connectivity index (χ0v) is 14.8. The summed E-state index contributed by atoms with van der Waals surface area (Å²) in [7, 11) is 3.01. The maximum Gasteiger partial charge on any atom is 0.264 e. The van der Waals surface area contributed by atoms with Crippen molar-refractivity contribution in [2.24, 2.45) is 0 Å². The van der Waals surface area contributed by atoms with Gasteiger partial charge in [0.1, 0.15) is 22.8 Å². The van der Waals surface area contributed by atoms with E-state index in [4.69, 9.17) is 14.0 Å². The summed E-state index contributed by atoms with van der Waals surface area (Å²) >= 11 is 0. The first kappa shape index (κ1) is 17.8. The van der Waals surface area contributed by atoms with Gasteiger partial charge in [-0.25, -0.2) is 0 Å². The van der Waals surface area contributed by atoms with E-state index in [1.54, 1.807) is 24.3 Å². The molecule has 130 valence electrons. The summed E-state index contributed by atoms with van der Waals surface area (Å²) in [6.07, 6.45) is 2.00. The number of hydrogen-bond donors (Lipinski definition) is 1. The van der Waals surface area contributed by atoms with Crippen molar-refractivity contribution in [2.75, 3.05) is 19.5 Å². The minimum absolute atomic E-state index is 0.132. The molecule has 6 heteroatoms. The van der Waals surface area contributed by atoms with Crippen molar-refractivity contribution in [3.05, 3.63) is 35.6 Å². The van der Waals surface area contributed by atoms with Gasteiger partial charge in [0.05, 0.1) is 14.2 Å². The normalized spacial score (nSPS) is 11.2. The first-order valence-corrected chi connectivity index (χ1v) is 7.92. The van der Waals surface area contributed by atoms with Gasteiger partial charge in [0, 0.05) is 11.5 Å². The van der Waals surface area contributed by atoms with Crippen LogP contribution in [0.3, 0.4) is 0 Å². The van der Waals surface area contributed by atoms with Crippen LogP contribution in [0.5, 0.6) is 11.5 Å². The van der Waals surface area contributed by atoms with Gasteiger partial charge in [-0.05, 0) is 18.6 Å². The SMILES string of the molecule is CCCC(C)(C)c1cc(NC(=O)c2c(OC)cccc2OC)no1. The van der Waals surface area contributed by atoms with Crippen LogP contribution in [0.2, 0.25) is 0 Å². The standard InChI is InChI=1S/C18H24N2O4/c1-6-10-18(2,3)14-11-15(20-24-14)19-17(21)16-12(22-4)8-7-9-13(16)23-5/h7-9,11H,6,10H2,1-5H3,(H,19,20,21). The lowest BCUT2D eigenvalue weighted by Gasteiger charge is -2.19. The van der Waals surface area contributed by atoms with E-state index in [0.29, 0.717) is 22.9 Å². The van der Waals surface area contributed by atoms with Gasteiger partial charge < -0.3 is 19.3 Å². The highest BCUT2D eigenvalue weighted by molar-refractivity contribution is 6.07. The van der Waals surface area contributed by atoms with Crippen molar-refractivity contribution in [2.45, 2.75) is 39.0 Å². The van der Waals surface area contributed by atoms with Crippen LogP contribution >= 0.6 is 0 Å². The highest BCUT2D eigenvalue weighted by Crippen LogP contribution is 2.31. The molecule has 1 heterocycles. The van der Waals surface area contributed by atoms with Crippen LogP contribution < -0.4 is 14.8 Å². The summed E-state index contributed by atoms with van der Waals surface area (Å²) in [5.41, 5.74) is 0.187. The third-order valence-electron chi connectivity index (χ3n) is 3.95. The van der Waals surface area contributed by atoms with E-state index in [-0.39, 0.29) is 11.3 Å². The summed E-state index contributed by atoms with van der Waals surface area (Å²) in [5, 5.41) is 6.69. The molecule has 0 bridgehead atoms. The molecule has 0 fully saturated rings. The Hall–Kier alpha value is -2.50. The fourth-order valence-electron chi connectivity index (χ4n) is 2.66. The molecule has 0 aliphatic carbocycles. The second kappa shape index (κ2) is 7.38. The van der Waals surface area contributed by atoms with E-state index in [1.165, 1.54) is 14.2 Å². The Morgan fingerprint density at radius 3 is 2.42 bits per heavy atom. The molecule has 6 nitrogen and oxygen atoms in total. The highest BCUT2D eigenvalue weighted by Gasteiger charge is 2.26. The summed E-state index contributed by atoms with van der Waals surface area (Å²) in [4.78, 5) is 12.6. The molecule has 0 aliphatic rings. The van der Waals surface area contributed by atoms with Gasteiger partial charge in [-0.2, -0.15) is 0 Å². The van der Waals surface area contributed by atoms with Crippen LogP contribution in [-0.4, -0.2) is 25.3 Å². The quantitative estimate of drug-likeness (QED) is 0.829. The van der Waals surface area contributed by atoms with E-state index in [2.05, 4.69) is 31.2 Å². The average Bonchev–Trinajstić information content (AvgIpc) is 3.03. The maximum absolute atomic E-state index is 12.6. The minimum Gasteiger partial charge on any atom is -0.496 e. The molecule has 0 unspecified atom stereocenters. The number of carbonyl (C=O) groups excluding carboxylic acids is 1. The number of hydrogen-bond acceptors (Lipinski definition) is 5. The molecule has 0 radical (unpaired) electrons. The molecule has 24 heavy (non-hydrogen) atoms. The predicted octanol–water partition coefficient (Wildman–Crippen LogP) is 4.02. The predicted molar refractivity (Wildman–Crippen MR) is 91.9 cm³/mol. The lowest BCUT2D eigenvalue weighted by Crippen LogP contribution is -2.16. The van der Waals surface area contributed by atoms with Gasteiger partial charge >= 0.3 is 0 Å². The zero-order chi connectivity index (χ0) is 17.7. The molecule has 0 saturated heterocycles. The number of ether oxygens (including phenoxy) is 2. The van der Waals surface area contributed by atoms with Crippen LogP contribution in [-0.2, 0) is 5.41 Å². The zero-order valence-electron chi connectivity index (χ0n) is 14.8. The summed E-state index contributed by atoms with van der Waals surface area (Å²) in [6.45, 7) is 6.30.